The summed E-state index contributed by atoms with van der Waals surface area (Å²) >= 11 is -4.79. The maximum absolute atomic E-state index is 8.59. The van der Waals surface area contributed by atoms with E-state index < -0.39 is 21.5 Å². The fraction of sp³-hybridized carbons (Fsp3) is 0.263. The van der Waals surface area contributed by atoms with Crippen molar-refractivity contribution in [2.45, 2.75) is 55.0 Å². The van der Waals surface area contributed by atoms with E-state index >= 15 is 0 Å². The third kappa shape index (κ3) is 4.47. The van der Waals surface area contributed by atoms with Crippen LogP contribution in [-0.2, 0) is 15.6 Å². The molecule has 0 aromatic heterocycles. The van der Waals surface area contributed by atoms with Crippen LogP contribution < -0.4 is 0 Å². The molecule has 0 saturated carbocycles. The molecule has 2 atom stereocenters. The Bertz CT molecular complexity index is 1750. The molecule has 0 bridgehead atoms. The van der Waals surface area contributed by atoms with E-state index in [1.54, 1.807) is 0 Å². The standard InChI is InChI=1S/2C18H17.C2H7Si.2ClH.Zr/c1-12-9-16-13(2)11-14(3)18(17(16)10-12)15-7-5-4-6-8-15;1-13(2)16-11-15-9-6-10-17(18(15)12-16)14-7-4-3-5-8-14;1-3-2;;;/h4-11H,1-3H3;3-13H,1-2H3;3H,1-2H3;2*1H;/q;;;;;+2/p-2. The van der Waals surface area contributed by atoms with Crippen LogP contribution in [0.25, 0.3) is 34.4 Å². The topological polar surface area (TPSA) is 0 Å². The van der Waals surface area contributed by atoms with Crippen molar-refractivity contribution in [2.75, 3.05) is 0 Å². The van der Waals surface area contributed by atoms with E-state index in [4.69, 9.17) is 17.0 Å². The number of rotatable bonds is 6. The molecule has 0 heterocycles. The van der Waals surface area contributed by atoms with Crippen molar-refractivity contribution in [3.63, 3.8) is 0 Å². The van der Waals surface area contributed by atoms with Crippen LogP contribution in [0.5, 0.6) is 0 Å². The van der Waals surface area contributed by atoms with Gasteiger partial charge in [0.1, 0.15) is 0 Å². The summed E-state index contributed by atoms with van der Waals surface area (Å²) in [7, 11) is 17.2. The molecule has 2 aliphatic carbocycles. The number of fused-ring (bicyclic) bond motifs is 2. The second-order valence-corrected chi connectivity index (χ2v) is 55.7. The van der Waals surface area contributed by atoms with Crippen LogP contribution in [0.3, 0.4) is 0 Å². The normalized spacial score (nSPS) is 18.9. The SMILES string of the molecule is CC1=Cc2c(-c3ccccc3)c(C)cc(C)c2[CH]1[Zr]([Cl])([Cl])([CH]1C(C(C)C)=Cc2c(-c3ccccc3)cccc21)[SiH](C)C. The molecule has 4 aromatic rings. The number of hydrogen-bond acceptors (Lipinski definition) is 0. The van der Waals surface area contributed by atoms with Gasteiger partial charge in [0, 0.05) is 0 Å². The predicted molar refractivity (Wildman–Crippen MR) is 186 cm³/mol. The summed E-state index contributed by atoms with van der Waals surface area (Å²) in [6.45, 7) is 16.4. The van der Waals surface area contributed by atoms with Crippen LogP contribution in [0, 0.1) is 19.8 Å². The second-order valence-electron chi connectivity index (χ2n) is 13.2. The second kappa shape index (κ2) is 10.9. The van der Waals surface area contributed by atoms with Crippen LogP contribution in [-0.4, -0.2) is 5.92 Å². The van der Waals surface area contributed by atoms with Gasteiger partial charge in [-0.15, -0.1) is 0 Å². The van der Waals surface area contributed by atoms with Gasteiger partial charge < -0.3 is 0 Å². The van der Waals surface area contributed by atoms with Crippen molar-refractivity contribution in [1.29, 1.82) is 0 Å². The van der Waals surface area contributed by atoms with Gasteiger partial charge in [0.05, 0.1) is 0 Å². The van der Waals surface area contributed by atoms with Gasteiger partial charge in [-0.05, 0) is 0 Å². The van der Waals surface area contributed by atoms with E-state index in [1.165, 1.54) is 66.8 Å². The Morgan fingerprint density at radius 2 is 1.31 bits per heavy atom. The monoisotopic (exact) mass is 685 g/mol. The van der Waals surface area contributed by atoms with E-state index in [2.05, 4.69) is 145 Å². The first kappa shape index (κ1) is 30.1. The summed E-state index contributed by atoms with van der Waals surface area (Å²) in [6.07, 6.45) is 4.90. The Balaban J connectivity index is 1.63. The van der Waals surface area contributed by atoms with Gasteiger partial charge in [-0.1, -0.05) is 0 Å². The van der Waals surface area contributed by atoms with E-state index in [1.807, 2.05) is 0 Å². The Hall–Kier alpha value is -1.96. The van der Waals surface area contributed by atoms with Crippen LogP contribution >= 0.6 is 17.0 Å². The molecule has 6 rings (SSSR count). The van der Waals surface area contributed by atoms with Crippen molar-refractivity contribution >= 4 is 35.1 Å². The predicted octanol–water partition coefficient (Wildman–Crippen LogP) is 11.9. The summed E-state index contributed by atoms with van der Waals surface area (Å²) in [6, 6.07) is 30.8. The minimum absolute atomic E-state index is 0.0954. The average molecular weight is 688 g/mol. The van der Waals surface area contributed by atoms with Crippen molar-refractivity contribution in [2.24, 2.45) is 5.92 Å². The summed E-state index contributed by atoms with van der Waals surface area (Å²) in [5.41, 5.74) is 15.9. The third-order valence-corrected chi connectivity index (χ3v) is 62.0. The Morgan fingerprint density at radius 3 is 1.90 bits per heavy atom. The molecular formula is C38H41Cl2SiZr. The van der Waals surface area contributed by atoms with E-state index in [0.717, 1.165) is 0 Å². The van der Waals surface area contributed by atoms with Gasteiger partial charge in [0.15, 0.2) is 0 Å². The van der Waals surface area contributed by atoms with Crippen LogP contribution in [0.1, 0.15) is 61.4 Å². The Labute approximate surface area is 261 Å². The van der Waals surface area contributed by atoms with Gasteiger partial charge >= 0.3 is 263 Å². The summed E-state index contributed by atoms with van der Waals surface area (Å²) in [5, 5.41) is 0. The molecule has 0 saturated heterocycles. The van der Waals surface area contributed by atoms with Crippen molar-refractivity contribution in [3.05, 3.63) is 129 Å². The van der Waals surface area contributed by atoms with Crippen LogP contribution in [0.4, 0.5) is 0 Å². The molecule has 2 aliphatic rings. The van der Waals surface area contributed by atoms with Gasteiger partial charge in [0.2, 0.25) is 0 Å². The fourth-order valence-corrected chi connectivity index (χ4v) is 40.3. The maximum atomic E-state index is 8.59. The zero-order valence-corrected chi connectivity index (χ0v) is 30.9. The van der Waals surface area contributed by atoms with Gasteiger partial charge in [0.25, 0.3) is 0 Å². The molecule has 0 spiro atoms. The average Bonchev–Trinajstić information content (AvgIpc) is 3.54. The van der Waals surface area contributed by atoms with Gasteiger partial charge in [-0.25, -0.2) is 0 Å². The van der Waals surface area contributed by atoms with Crippen molar-refractivity contribution in [1.82, 2.24) is 0 Å². The molecule has 0 fully saturated rings. The molecule has 2 unspecified atom stereocenters. The molecule has 0 N–H and O–H groups in total. The zero-order chi connectivity index (χ0) is 30.0. The Kier molecular flexibility index (Phi) is 7.80. The van der Waals surface area contributed by atoms with Gasteiger partial charge in [-0.2, -0.15) is 0 Å². The molecule has 4 heteroatoms. The first-order chi connectivity index (χ1) is 19.9. The molecule has 0 nitrogen and oxygen atoms in total. The van der Waals surface area contributed by atoms with E-state index in [0.29, 0.717) is 5.92 Å². The number of aryl methyl sites for hydroxylation is 2. The first-order valence-electron chi connectivity index (χ1n) is 15.3. The molecule has 4 aromatic carbocycles. The fourth-order valence-electron chi connectivity index (χ4n) is 8.05. The quantitative estimate of drug-likeness (QED) is 0.177. The molecular weight excluding hydrogens is 647 g/mol. The number of benzene rings is 4. The zero-order valence-electron chi connectivity index (χ0n) is 25.8. The molecule has 0 amide bonds. The molecule has 0 radical (unpaired) electrons. The van der Waals surface area contributed by atoms with E-state index in [-0.39, 0.29) is 7.25 Å². The number of allylic oxidation sites excluding steroid dienone is 2. The van der Waals surface area contributed by atoms with Crippen LogP contribution in [0.15, 0.2) is 96.1 Å². The summed E-state index contributed by atoms with van der Waals surface area (Å²) in [4.78, 5) is 0. The Morgan fingerprint density at radius 1 is 0.690 bits per heavy atom. The van der Waals surface area contributed by atoms with Crippen molar-refractivity contribution < 1.29 is 15.6 Å². The number of hydrogen-bond donors (Lipinski definition) is 0. The minimum atomic E-state index is -4.79. The number of halogens is 2. The molecule has 0 aliphatic heterocycles. The van der Waals surface area contributed by atoms with Crippen molar-refractivity contribution in [3.8, 4) is 22.3 Å². The van der Waals surface area contributed by atoms with Crippen LogP contribution in [0.2, 0.25) is 13.1 Å². The van der Waals surface area contributed by atoms with Gasteiger partial charge in [-0.3, -0.25) is 0 Å². The molecule has 42 heavy (non-hydrogen) atoms. The molecule has 215 valence electrons. The summed E-state index contributed by atoms with van der Waals surface area (Å²) < 4.78 is 0.193. The first-order valence-corrected chi connectivity index (χ1v) is 31.6. The third-order valence-electron chi connectivity index (χ3n) is 10.0. The summed E-state index contributed by atoms with van der Waals surface area (Å²) in [5.74, 6) is -1.26. The van der Waals surface area contributed by atoms with E-state index in [9.17, 15) is 0 Å².